The van der Waals surface area contributed by atoms with Gasteiger partial charge in [0.25, 0.3) is 5.91 Å². The molecular weight excluding hydrogens is 356 g/mol. The van der Waals surface area contributed by atoms with Gasteiger partial charge in [0.05, 0.1) is 0 Å². The van der Waals surface area contributed by atoms with E-state index < -0.39 is 5.69 Å². The minimum Gasteiger partial charge on any atom is -0.354 e. The van der Waals surface area contributed by atoms with Crippen LogP contribution in [0.25, 0.3) is 0 Å². The van der Waals surface area contributed by atoms with E-state index in [9.17, 15) is 9.59 Å². The lowest BCUT2D eigenvalue weighted by Gasteiger charge is -2.34. The van der Waals surface area contributed by atoms with Gasteiger partial charge in [0, 0.05) is 50.2 Å². The lowest BCUT2D eigenvalue weighted by atomic mass is 10.1. The molecule has 2 aromatic heterocycles. The Morgan fingerprint density at radius 3 is 2.75 bits per heavy atom. The minimum absolute atomic E-state index is 0.143. The number of H-pyrrole nitrogens is 1. The molecule has 0 unspecified atom stereocenters. The molecule has 3 heterocycles. The van der Waals surface area contributed by atoms with Crippen molar-refractivity contribution in [3.8, 4) is 0 Å². The van der Waals surface area contributed by atoms with Crippen LogP contribution in [0.3, 0.4) is 0 Å². The first kappa shape index (κ1) is 20.0. The molecule has 1 aliphatic rings. The fourth-order valence-electron chi connectivity index (χ4n) is 3.31. The third-order valence-corrected chi connectivity index (χ3v) is 4.77. The van der Waals surface area contributed by atoms with Gasteiger partial charge in [-0.25, -0.2) is 9.78 Å². The molecular formula is C20H28N6O2. The molecule has 1 aliphatic heterocycles. The molecule has 0 spiro atoms. The summed E-state index contributed by atoms with van der Waals surface area (Å²) in [6.07, 6.45) is 2.46. The van der Waals surface area contributed by atoms with Gasteiger partial charge in [0.15, 0.2) is 0 Å². The van der Waals surface area contributed by atoms with Crippen LogP contribution in [0.4, 0.5) is 5.82 Å². The van der Waals surface area contributed by atoms with Crippen LogP contribution in [0.15, 0.2) is 29.2 Å². The molecule has 2 N–H and O–H groups in total. The summed E-state index contributed by atoms with van der Waals surface area (Å²) in [5.74, 6) is 0.912. The van der Waals surface area contributed by atoms with Crippen molar-refractivity contribution in [3.05, 3.63) is 51.8 Å². The molecule has 0 aliphatic carbocycles. The topological polar surface area (TPSA) is 94.2 Å². The third-order valence-electron chi connectivity index (χ3n) is 4.77. The summed E-state index contributed by atoms with van der Waals surface area (Å²) in [5.41, 5.74) is 1.32. The van der Waals surface area contributed by atoms with Gasteiger partial charge in [-0.2, -0.15) is 4.98 Å². The maximum absolute atomic E-state index is 12.6. The summed E-state index contributed by atoms with van der Waals surface area (Å²) in [4.78, 5) is 39.9. The second kappa shape index (κ2) is 8.97. The quantitative estimate of drug-likeness (QED) is 0.773. The van der Waals surface area contributed by atoms with Gasteiger partial charge in [-0.05, 0) is 31.5 Å². The number of anilines is 1. The zero-order valence-corrected chi connectivity index (χ0v) is 16.7. The molecule has 0 saturated carbocycles. The molecule has 0 radical (unpaired) electrons. The number of hydrogen-bond donors (Lipinski definition) is 2. The Morgan fingerprint density at radius 2 is 2.04 bits per heavy atom. The second-order valence-corrected chi connectivity index (χ2v) is 7.65. The smallest absolute Gasteiger partial charge is 0.345 e. The van der Waals surface area contributed by atoms with Crippen molar-refractivity contribution < 1.29 is 4.79 Å². The van der Waals surface area contributed by atoms with Crippen LogP contribution in [0, 0.1) is 5.92 Å². The molecule has 150 valence electrons. The van der Waals surface area contributed by atoms with Crippen molar-refractivity contribution in [2.24, 2.45) is 5.92 Å². The Balaban J connectivity index is 1.70. The third kappa shape index (κ3) is 5.16. The van der Waals surface area contributed by atoms with Gasteiger partial charge in [-0.3, -0.25) is 4.79 Å². The van der Waals surface area contributed by atoms with Gasteiger partial charge >= 0.3 is 5.69 Å². The molecule has 8 nitrogen and oxygen atoms in total. The van der Waals surface area contributed by atoms with E-state index in [1.807, 2.05) is 12.1 Å². The van der Waals surface area contributed by atoms with Gasteiger partial charge in [-0.15, -0.1) is 0 Å². The number of carbonyl (C=O) groups excluding carboxylic acids is 1. The van der Waals surface area contributed by atoms with Crippen LogP contribution in [0.1, 0.15) is 35.6 Å². The van der Waals surface area contributed by atoms with Crippen molar-refractivity contribution in [3.63, 3.8) is 0 Å². The van der Waals surface area contributed by atoms with E-state index in [1.54, 1.807) is 12.3 Å². The Bertz CT molecular complexity index is 871. The molecule has 0 bridgehead atoms. The number of likely N-dealkylation sites (N-methyl/N-ethyl adjacent to an activating group) is 1. The standard InChI is InChI=1S/C20H28N6O2/c1-14(2)11-16-12-17(24-20(28)23-16)19(27)22-13-15-5-4-6-21-18(15)26-9-7-25(3)8-10-26/h4-6,12,14H,7-11,13H2,1-3H3,(H,22,27)(H,23,24,28). The Kier molecular flexibility index (Phi) is 6.41. The van der Waals surface area contributed by atoms with Crippen molar-refractivity contribution in [2.75, 3.05) is 38.1 Å². The monoisotopic (exact) mass is 384 g/mol. The molecule has 1 saturated heterocycles. The predicted molar refractivity (Wildman–Crippen MR) is 109 cm³/mol. The van der Waals surface area contributed by atoms with E-state index in [4.69, 9.17) is 0 Å². The number of amides is 1. The van der Waals surface area contributed by atoms with Gasteiger partial charge < -0.3 is 20.1 Å². The minimum atomic E-state index is -0.497. The van der Waals surface area contributed by atoms with Crippen molar-refractivity contribution >= 4 is 11.7 Å². The first-order chi connectivity index (χ1) is 13.4. The normalized spacial score (nSPS) is 15.1. The Morgan fingerprint density at radius 1 is 1.29 bits per heavy atom. The summed E-state index contributed by atoms with van der Waals surface area (Å²) in [6, 6.07) is 5.49. The Hall–Kier alpha value is -2.74. The van der Waals surface area contributed by atoms with E-state index in [0.717, 1.165) is 43.3 Å². The van der Waals surface area contributed by atoms with Crippen LogP contribution in [-0.2, 0) is 13.0 Å². The van der Waals surface area contributed by atoms with Crippen molar-refractivity contribution in [2.45, 2.75) is 26.8 Å². The van der Waals surface area contributed by atoms with E-state index in [0.29, 0.717) is 18.9 Å². The average Bonchev–Trinajstić information content (AvgIpc) is 2.66. The summed E-state index contributed by atoms with van der Waals surface area (Å²) < 4.78 is 0. The highest BCUT2D eigenvalue weighted by Gasteiger charge is 2.18. The number of piperazine rings is 1. The van der Waals surface area contributed by atoms with Gasteiger partial charge in [0.1, 0.15) is 11.5 Å². The molecule has 1 amide bonds. The molecule has 8 heteroatoms. The zero-order chi connectivity index (χ0) is 20.1. The first-order valence-corrected chi connectivity index (χ1v) is 9.68. The van der Waals surface area contributed by atoms with Crippen molar-refractivity contribution in [1.82, 2.24) is 25.2 Å². The maximum atomic E-state index is 12.6. The summed E-state index contributed by atoms with van der Waals surface area (Å²) in [6.45, 7) is 8.23. The fraction of sp³-hybridized carbons (Fsp3) is 0.500. The number of aromatic amines is 1. The second-order valence-electron chi connectivity index (χ2n) is 7.65. The molecule has 0 atom stereocenters. The SMILES string of the molecule is CC(C)Cc1cc(C(=O)NCc2cccnc2N2CCN(C)CC2)nc(=O)[nH]1. The van der Waals surface area contributed by atoms with Crippen LogP contribution in [-0.4, -0.2) is 59.0 Å². The van der Waals surface area contributed by atoms with Crippen LogP contribution in [0.2, 0.25) is 0 Å². The molecule has 0 aromatic carbocycles. The van der Waals surface area contributed by atoms with Gasteiger partial charge in [-0.1, -0.05) is 19.9 Å². The van der Waals surface area contributed by atoms with Crippen LogP contribution < -0.4 is 15.9 Å². The number of nitrogens with zero attached hydrogens (tertiary/aromatic N) is 4. The van der Waals surface area contributed by atoms with E-state index >= 15 is 0 Å². The number of rotatable bonds is 6. The number of pyridine rings is 1. The van der Waals surface area contributed by atoms with E-state index in [-0.39, 0.29) is 11.6 Å². The molecule has 28 heavy (non-hydrogen) atoms. The molecule has 2 aromatic rings. The number of carbonyl (C=O) groups is 1. The van der Waals surface area contributed by atoms with Crippen LogP contribution >= 0.6 is 0 Å². The van der Waals surface area contributed by atoms with E-state index in [2.05, 4.69) is 51.0 Å². The number of aromatic nitrogens is 3. The summed E-state index contributed by atoms with van der Waals surface area (Å²) in [5, 5.41) is 2.88. The summed E-state index contributed by atoms with van der Waals surface area (Å²) >= 11 is 0. The highest BCUT2D eigenvalue weighted by Crippen LogP contribution is 2.18. The number of nitrogens with one attached hydrogen (secondary N) is 2. The lowest BCUT2D eigenvalue weighted by Crippen LogP contribution is -2.45. The molecule has 3 rings (SSSR count). The zero-order valence-electron chi connectivity index (χ0n) is 16.7. The van der Waals surface area contributed by atoms with Crippen LogP contribution in [0.5, 0.6) is 0 Å². The first-order valence-electron chi connectivity index (χ1n) is 9.68. The van der Waals surface area contributed by atoms with E-state index in [1.165, 1.54) is 0 Å². The fourth-order valence-corrected chi connectivity index (χ4v) is 3.31. The largest absolute Gasteiger partial charge is 0.354 e. The highest BCUT2D eigenvalue weighted by atomic mass is 16.2. The Labute approximate surface area is 165 Å². The summed E-state index contributed by atoms with van der Waals surface area (Å²) in [7, 11) is 2.11. The average molecular weight is 384 g/mol. The number of hydrogen-bond acceptors (Lipinski definition) is 6. The molecule has 1 fully saturated rings. The lowest BCUT2D eigenvalue weighted by molar-refractivity contribution is 0.0945. The predicted octanol–water partition coefficient (Wildman–Crippen LogP) is 1.05. The van der Waals surface area contributed by atoms with Gasteiger partial charge in [0.2, 0.25) is 0 Å². The maximum Gasteiger partial charge on any atom is 0.345 e. The van der Waals surface area contributed by atoms with Crippen molar-refractivity contribution in [1.29, 1.82) is 0 Å². The highest BCUT2D eigenvalue weighted by molar-refractivity contribution is 5.92.